The molecule has 0 unspecified atom stereocenters. The van der Waals surface area contributed by atoms with Crippen LogP contribution in [0.5, 0.6) is 0 Å². The molecular formula is C22H21N3O3. The number of hydrogen-bond donors (Lipinski definition) is 1. The molecule has 0 atom stereocenters. The molecule has 2 aromatic rings. The van der Waals surface area contributed by atoms with Crippen LogP contribution in [0.3, 0.4) is 0 Å². The summed E-state index contributed by atoms with van der Waals surface area (Å²) in [6.07, 6.45) is 0. The van der Waals surface area contributed by atoms with Gasteiger partial charge in [0.15, 0.2) is 11.3 Å². The fraction of sp³-hybridized carbons (Fsp3) is 0.227. The van der Waals surface area contributed by atoms with E-state index in [-0.39, 0.29) is 16.8 Å². The Morgan fingerprint density at radius 2 is 1.82 bits per heavy atom. The van der Waals surface area contributed by atoms with E-state index in [1.165, 1.54) is 7.05 Å². The van der Waals surface area contributed by atoms with Gasteiger partial charge in [-0.15, -0.1) is 0 Å². The third kappa shape index (κ3) is 2.69. The highest BCUT2D eigenvalue weighted by molar-refractivity contribution is 6.08. The molecule has 6 nitrogen and oxygen atoms in total. The Morgan fingerprint density at radius 3 is 2.50 bits per heavy atom. The number of fused-ring (bicyclic) bond motifs is 4. The second kappa shape index (κ2) is 6.96. The molecule has 1 N–H and O–H groups in total. The van der Waals surface area contributed by atoms with Gasteiger partial charge in [0.05, 0.1) is 0 Å². The maximum Gasteiger partial charge on any atom is 0.258 e. The zero-order valence-corrected chi connectivity index (χ0v) is 16.1. The van der Waals surface area contributed by atoms with Crippen LogP contribution in [0.1, 0.15) is 24.2 Å². The van der Waals surface area contributed by atoms with Crippen molar-refractivity contribution in [3.63, 3.8) is 0 Å². The lowest BCUT2D eigenvalue weighted by atomic mass is 9.99. The number of anilines is 1. The van der Waals surface area contributed by atoms with Crippen molar-refractivity contribution >= 4 is 33.5 Å². The summed E-state index contributed by atoms with van der Waals surface area (Å²) in [5, 5.41) is 3.67. The van der Waals surface area contributed by atoms with Crippen LogP contribution in [0.2, 0.25) is 0 Å². The zero-order chi connectivity index (χ0) is 19.8. The first-order valence-corrected chi connectivity index (χ1v) is 9.35. The first kappa shape index (κ1) is 18.0. The summed E-state index contributed by atoms with van der Waals surface area (Å²) in [5.41, 5.74) is 2.36. The van der Waals surface area contributed by atoms with Gasteiger partial charge in [-0.2, -0.15) is 0 Å². The molecule has 4 rings (SSSR count). The Morgan fingerprint density at radius 1 is 1.11 bits per heavy atom. The number of benzene rings is 3. The lowest BCUT2D eigenvalue weighted by molar-refractivity contribution is 0.0961. The normalized spacial score (nSPS) is 11.2. The topological polar surface area (TPSA) is 75.4 Å². The molecule has 2 aromatic carbocycles. The van der Waals surface area contributed by atoms with Crippen molar-refractivity contribution in [3.05, 3.63) is 58.3 Å². The summed E-state index contributed by atoms with van der Waals surface area (Å²) in [7, 11) is 1.50. The predicted octanol–water partition coefficient (Wildman–Crippen LogP) is 3.65. The van der Waals surface area contributed by atoms with Crippen LogP contribution in [0.4, 0.5) is 5.69 Å². The molecule has 6 heteroatoms. The SMILES string of the molecule is CCN(CC)c1ccc2nc3c4ccccc4c(=O)c(C(=O)NC)c-3oc2c1. The molecule has 0 fully saturated rings. The summed E-state index contributed by atoms with van der Waals surface area (Å²) in [5.74, 6) is -0.266. The van der Waals surface area contributed by atoms with E-state index < -0.39 is 5.91 Å². The van der Waals surface area contributed by atoms with Gasteiger partial charge in [0.25, 0.3) is 5.91 Å². The highest BCUT2D eigenvalue weighted by Gasteiger charge is 2.26. The smallest absolute Gasteiger partial charge is 0.258 e. The van der Waals surface area contributed by atoms with Gasteiger partial charge < -0.3 is 14.6 Å². The van der Waals surface area contributed by atoms with Crippen molar-refractivity contribution in [1.82, 2.24) is 10.3 Å². The molecule has 0 radical (unpaired) electrons. The summed E-state index contributed by atoms with van der Waals surface area (Å²) in [6, 6.07) is 13.0. The Hall–Kier alpha value is -3.41. The largest absolute Gasteiger partial charge is 0.452 e. The Bertz CT molecular complexity index is 1230. The Balaban J connectivity index is 2.12. The quantitative estimate of drug-likeness (QED) is 0.435. The molecule has 0 saturated carbocycles. The maximum atomic E-state index is 13.0. The molecule has 1 amide bonds. The van der Waals surface area contributed by atoms with Gasteiger partial charge in [0, 0.05) is 42.7 Å². The standard InChI is InChI=1S/C22H21N3O3/c1-4-25(5-2)13-10-11-16-17(12-13)28-21-18(22(27)23-3)20(26)15-9-7-6-8-14(15)19(21)24-16/h6-12H,4-5H2,1-3H3,(H,23,27). The lowest BCUT2D eigenvalue weighted by Gasteiger charge is -2.21. The van der Waals surface area contributed by atoms with Crippen molar-refractivity contribution in [2.75, 3.05) is 25.0 Å². The summed E-state index contributed by atoms with van der Waals surface area (Å²) < 4.78 is 6.12. The zero-order valence-electron chi connectivity index (χ0n) is 16.1. The number of nitrogens with zero attached hydrogens (tertiary/aromatic N) is 2. The maximum absolute atomic E-state index is 13.0. The molecule has 142 valence electrons. The van der Waals surface area contributed by atoms with E-state index in [9.17, 15) is 9.59 Å². The van der Waals surface area contributed by atoms with Gasteiger partial charge >= 0.3 is 0 Å². The number of hydrogen-bond acceptors (Lipinski definition) is 5. The molecule has 0 spiro atoms. The van der Waals surface area contributed by atoms with E-state index in [4.69, 9.17) is 9.40 Å². The van der Waals surface area contributed by atoms with Crippen molar-refractivity contribution < 1.29 is 9.21 Å². The molecule has 0 bridgehead atoms. The number of amides is 1. The molecule has 2 aliphatic rings. The van der Waals surface area contributed by atoms with Crippen LogP contribution in [0.25, 0.3) is 33.3 Å². The highest BCUT2D eigenvalue weighted by atomic mass is 16.3. The number of rotatable bonds is 4. The van der Waals surface area contributed by atoms with E-state index >= 15 is 0 Å². The van der Waals surface area contributed by atoms with Crippen LogP contribution in [-0.4, -0.2) is 31.0 Å². The van der Waals surface area contributed by atoms with Gasteiger partial charge in [-0.05, 0) is 26.0 Å². The number of aromatic nitrogens is 1. The minimum absolute atomic E-state index is 0.0150. The molecule has 0 saturated heterocycles. The van der Waals surface area contributed by atoms with E-state index in [0.717, 1.165) is 18.8 Å². The van der Waals surface area contributed by atoms with Gasteiger partial charge in [0.2, 0.25) is 5.43 Å². The fourth-order valence-corrected chi connectivity index (χ4v) is 3.60. The average Bonchev–Trinajstić information content (AvgIpc) is 2.73. The van der Waals surface area contributed by atoms with Crippen LogP contribution in [0, 0.1) is 0 Å². The summed E-state index contributed by atoms with van der Waals surface area (Å²) >= 11 is 0. The van der Waals surface area contributed by atoms with Crippen molar-refractivity contribution in [1.29, 1.82) is 0 Å². The summed E-state index contributed by atoms with van der Waals surface area (Å²) in [4.78, 5) is 32.4. The average molecular weight is 375 g/mol. The molecular weight excluding hydrogens is 354 g/mol. The van der Waals surface area contributed by atoms with Crippen molar-refractivity contribution in [2.45, 2.75) is 13.8 Å². The Kier molecular flexibility index (Phi) is 4.47. The van der Waals surface area contributed by atoms with Crippen LogP contribution in [-0.2, 0) is 0 Å². The van der Waals surface area contributed by atoms with Crippen molar-refractivity contribution in [2.24, 2.45) is 0 Å². The van der Waals surface area contributed by atoms with Gasteiger partial charge in [-0.25, -0.2) is 4.98 Å². The van der Waals surface area contributed by atoms with Crippen molar-refractivity contribution in [3.8, 4) is 11.5 Å². The molecule has 1 aliphatic heterocycles. The molecule has 1 heterocycles. The second-order valence-electron chi connectivity index (χ2n) is 6.54. The monoisotopic (exact) mass is 375 g/mol. The van der Waals surface area contributed by atoms with Crippen LogP contribution in [0.15, 0.2) is 51.7 Å². The van der Waals surface area contributed by atoms with Gasteiger partial charge in [0.1, 0.15) is 16.8 Å². The number of carbonyl (C=O) groups excluding carboxylic acids is 1. The first-order chi connectivity index (χ1) is 13.6. The van der Waals surface area contributed by atoms with E-state index in [1.807, 2.05) is 30.3 Å². The molecule has 0 aromatic heterocycles. The van der Waals surface area contributed by atoms with Crippen LogP contribution >= 0.6 is 0 Å². The Labute approximate surface area is 162 Å². The minimum atomic E-state index is -0.481. The number of carbonyl (C=O) groups is 1. The fourth-order valence-electron chi connectivity index (χ4n) is 3.60. The second-order valence-corrected chi connectivity index (χ2v) is 6.54. The third-order valence-corrected chi connectivity index (χ3v) is 5.07. The van der Waals surface area contributed by atoms with E-state index in [2.05, 4.69) is 24.1 Å². The highest BCUT2D eigenvalue weighted by Crippen LogP contribution is 2.34. The van der Waals surface area contributed by atoms with Crippen LogP contribution < -0.4 is 15.6 Å². The van der Waals surface area contributed by atoms with Gasteiger partial charge in [-0.3, -0.25) is 9.59 Å². The molecule has 1 aliphatic carbocycles. The lowest BCUT2D eigenvalue weighted by Crippen LogP contribution is -2.27. The number of nitrogens with one attached hydrogen (secondary N) is 1. The van der Waals surface area contributed by atoms with E-state index in [1.54, 1.807) is 12.1 Å². The predicted molar refractivity (Wildman–Crippen MR) is 111 cm³/mol. The first-order valence-electron chi connectivity index (χ1n) is 9.35. The third-order valence-electron chi connectivity index (χ3n) is 5.07. The minimum Gasteiger partial charge on any atom is -0.452 e. The van der Waals surface area contributed by atoms with E-state index in [0.29, 0.717) is 27.6 Å². The molecule has 28 heavy (non-hydrogen) atoms. The van der Waals surface area contributed by atoms with Gasteiger partial charge in [-0.1, -0.05) is 24.3 Å². The summed E-state index contributed by atoms with van der Waals surface area (Å²) in [6.45, 7) is 5.90.